The van der Waals surface area contributed by atoms with Crippen LogP contribution in [0.15, 0.2) is 24.3 Å². The second-order valence-electron chi connectivity index (χ2n) is 3.30. The van der Waals surface area contributed by atoms with Crippen LogP contribution in [0.25, 0.3) is 0 Å². The summed E-state index contributed by atoms with van der Waals surface area (Å²) in [6.07, 6.45) is 0.189. The molecule has 0 aliphatic rings. The molecule has 0 bridgehead atoms. The van der Waals surface area contributed by atoms with Crippen LogP contribution in [-0.2, 0) is 13.5 Å². The van der Waals surface area contributed by atoms with Crippen molar-refractivity contribution < 1.29 is 4.79 Å². The van der Waals surface area contributed by atoms with Gasteiger partial charge in [-0.15, -0.1) is 10.2 Å². The maximum Gasteiger partial charge on any atom is 0.182 e. The summed E-state index contributed by atoms with van der Waals surface area (Å²) in [5.41, 5.74) is 0.674. The predicted molar refractivity (Wildman–Crippen MR) is 66.0 cm³/mol. The molecule has 6 heteroatoms. The van der Waals surface area contributed by atoms with Crippen LogP contribution in [0.1, 0.15) is 16.2 Å². The fraction of sp³-hybridized carbons (Fsp3) is 0.200. The Morgan fingerprint density at radius 2 is 2.06 bits per heavy atom. The van der Waals surface area contributed by atoms with Crippen molar-refractivity contribution >= 4 is 28.4 Å². The van der Waals surface area contributed by atoms with Crippen molar-refractivity contribution in [2.75, 3.05) is 0 Å². The van der Waals surface area contributed by atoms with E-state index in [0.717, 1.165) is 3.57 Å². The lowest BCUT2D eigenvalue weighted by molar-refractivity contribution is 0.0990. The lowest BCUT2D eigenvalue weighted by atomic mass is 10.1. The number of ketones is 1. The normalized spacial score (nSPS) is 10.4. The zero-order valence-corrected chi connectivity index (χ0v) is 10.7. The second-order valence-corrected chi connectivity index (χ2v) is 4.55. The molecule has 0 fully saturated rings. The third-order valence-electron chi connectivity index (χ3n) is 2.03. The Kier molecular flexibility index (Phi) is 3.28. The van der Waals surface area contributed by atoms with Gasteiger partial charge < -0.3 is 0 Å². The quantitative estimate of drug-likeness (QED) is 0.628. The van der Waals surface area contributed by atoms with Crippen LogP contribution >= 0.6 is 22.6 Å². The average Bonchev–Trinajstić information content (AvgIpc) is 2.65. The molecule has 1 heterocycles. The number of aryl methyl sites for hydroxylation is 1. The van der Waals surface area contributed by atoms with Crippen LogP contribution < -0.4 is 0 Å². The van der Waals surface area contributed by atoms with Gasteiger partial charge in [0.25, 0.3) is 0 Å². The molecule has 0 aliphatic carbocycles. The van der Waals surface area contributed by atoms with E-state index in [4.69, 9.17) is 0 Å². The fourth-order valence-corrected chi connectivity index (χ4v) is 1.64. The Balaban J connectivity index is 2.11. The van der Waals surface area contributed by atoms with Gasteiger partial charge in [0.2, 0.25) is 0 Å². The Morgan fingerprint density at radius 1 is 1.38 bits per heavy atom. The van der Waals surface area contributed by atoms with Crippen molar-refractivity contribution in [3.63, 3.8) is 0 Å². The van der Waals surface area contributed by atoms with Gasteiger partial charge in [-0.3, -0.25) is 4.79 Å². The Labute approximate surface area is 106 Å². The first-order valence-electron chi connectivity index (χ1n) is 4.67. The number of nitrogens with zero attached hydrogens (tertiary/aromatic N) is 4. The maximum atomic E-state index is 11.8. The molecular weight excluding hydrogens is 319 g/mol. The summed E-state index contributed by atoms with van der Waals surface area (Å²) in [7, 11) is 1.67. The maximum absolute atomic E-state index is 11.8. The van der Waals surface area contributed by atoms with Crippen molar-refractivity contribution in [1.82, 2.24) is 20.2 Å². The first-order valence-corrected chi connectivity index (χ1v) is 5.74. The fourth-order valence-electron chi connectivity index (χ4n) is 1.28. The first-order chi connectivity index (χ1) is 7.65. The molecule has 0 aliphatic heterocycles. The zero-order chi connectivity index (χ0) is 11.5. The number of hydrogen-bond donors (Lipinski definition) is 0. The first kappa shape index (κ1) is 11.2. The highest BCUT2D eigenvalue weighted by Gasteiger charge is 2.10. The van der Waals surface area contributed by atoms with E-state index in [1.54, 1.807) is 19.2 Å². The van der Waals surface area contributed by atoms with E-state index in [9.17, 15) is 4.79 Å². The van der Waals surface area contributed by atoms with Crippen molar-refractivity contribution in [1.29, 1.82) is 0 Å². The van der Waals surface area contributed by atoms with E-state index in [1.165, 1.54) is 4.80 Å². The molecular formula is C10H9IN4O. The van der Waals surface area contributed by atoms with Gasteiger partial charge in [-0.25, -0.2) is 0 Å². The standard InChI is InChI=1S/C10H9IN4O/c1-15-13-10(12-14-15)6-9(16)7-2-4-8(11)5-3-7/h2-5H,6H2,1H3. The number of benzene rings is 1. The number of Topliss-reactive ketones (excluding diaryl/α,β-unsaturated/α-hetero) is 1. The number of halogens is 1. The Bertz CT molecular complexity index is 506. The molecule has 1 aromatic heterocycles. The monoisotopic (exact) mass is 328 g/mol. The van der Waals surface area contributed by atoms with Crippen LogP contribution in [0.2, 0.25) is 0 Å². The highest BCUT2D eigenvalue weighted by Crippen LogP contribution is 2.08. The predicted octanol–water partition coefficient (Wildman–Crippen LogP) is 1.24. The number of hydrogen-bond acceptors (Lipinski definition) is 4. The van der Waals surface area contributed by atoms with E-state index in [0.29, 0.717) is 11.4 Å². The molecule has 0 saturated heterocycles. The largest absolute Gasteiger partial charge is 0.294 e. The van der Waals surface area contributed by atoms with Gasteiger partial charge in [-0.05, 0) is 39.9 Å². The summed E-state index contributed by atoms with van der Waals surface area (Å²) >= 11 is 2.20. The minimum Gasteiger partial charge on any atom is -0.294 e. The summed E-state index contributed by atoms with van der Waals surface area (Å²) in [6.45, 7) is 0. The molecule has 0 radical (unpaired) electrons. The third kappa shape index (κ3) is 2.63. The van der Waals surface area contributed by atoms with Gasteiger partial charge in [0, 0.05) is 9.13 Å². The van der Waals surface area contributed by atoms with E-state index in [2.05, 4.69) is 38.0 Å². The number of carbonyl (C=O) groups is 1. The second kappa shape index (κ2) is 4.69. The summed E-state index contributed by atoms with van der Waals surface area (Å²) in [5, 5.41) is 11.4. The molecule has 1 aromatic carbocycles. The van der Waals surface area contributed by atoms with Gasteiger partial charge in [0.15, 0.2) is 11.6 Å². The molecule has 0 unspecified atom stereocenters. The van der Waals surface area contributed by atoms with Crippen LogP contribution in [0.5, 0.6) is 0 Å². The molecule has 0 atom stereocenters. The minimum absolute atomic E-state index is 0.00407. The number of carbonyl (C=O) groups excluding carboxylic acids is 1. The lowest BCUT2D eigenvalue weighted by Gasteiger charge is -1.97. The third-order valence-corrected chi connectivity index (χ3v) is 2.75. The van der Waals surface area contributed by atoms with E-state index in [-0.39, 0.29) is 12.2 Å². The number of tetrazole rings is 1. The van der Waals surface area contributed by atoms with Crippen LogP contribution in [0.4, 0.5) is 0 Å². The van der Waals surface area contributed by atoms with E-state index >= 15 is 0 Å². The SMILES string of the molecule is Cn1nnc(CC(=O)c2ccc(I)cc2)n1. The number of rotatable bonds is 3. The molecule has 0 N–H and O–H groups in total. The summed E-state index contributed by atoms with van der Waals surface area (Å²) in [6, 6.07) is 7.41. The van der Waals surface area contributed by atoms with Crippen molar-refractivity contribution in [2.45, 2.75) is 6.42 Å². The van der Waals surface area contributed by atoms with E-state index < -0.39 is 0 Å². The van der Waals surface area contributed by atoms with Crippen LogP contribution in [0.3, 0.4) is 0 Å². The summed E-state index contributed by atoms with van der Waals surface area (Å²) in [4.78, 5) is 13.2. The van der Waals surface area contributed by atoms with E-state index in [1.807, 2.05) is 12.1 Å². The molecule has 16 heavy (non-hydrogen) atoms. The highest BCUT2D eigenvalue weighted by atomic mass is 127. The molecule has 0 saturated carbocycles. The summed E-state index contributed by atoms with van der Waals surface area (Å²) < 4.78 is 1.10. The lowest BCUT2D eigenvalue weighted by Crippen LogP contribution is -2.05. The molecule has 2 aromatic rings. The Hall–Kier alpha value is -1.31. The molecule has 82 valence electrons. The van der Waals surface area contributed by atoms with Crippen molar-refractivity contribution in [3.8, 4) is 0 Å². The highest BCUT2D eigenvalue weighted by molar-refractivity contribution is 14.1. The molecule has 2 rings (SSSR count). The van der Waals surface area contributed by atoms with Gasteiger partial charge in [0.05, 0.1) is 13.5 Å². The summed E-state index contributed by atoms with van der Waals surface area (Å²) in [5.74, 6) is 0.454. The van der Waals surface area contributed by atoms with Gasteiger partial charge in [0.1, 0.15) is 0 Å². The van der Waals surface area contributed by atoms with Crippen LogP contribution in [0, 0.1) is 3.57 Å². The average molecular weight is 328 g/mol. The van der Waals surface area contributed by atoms with Crippen molar-refractivity contribution in [3.05, 3.63) is 39.2 Å². The molecule has 5 nitrogen and oxygen atoms in total. The van der Waals surface area contributed by atoms with Gasteiger partial charge in [-0.1, -0.05) is 12.1 Å². The van der Waals surface area contributed by atoms with Crippen molar-refractivity contribution in [2.24, 2.45) is 7.05 Å². The van der Waals surface area contributed by atoms with Gasteiger partial charge in [-0.2, -0.15) is 4.80 Å². The Morgan fingerprint density at radius 3 is 2.62 bits per heavy atom. The minimum atomic E-state index is 0.00407. The van der Waals surface area contributed by atoms with Crippen LogP contribution in [-0.4, -0.2) is 26.0 Å². The topological polar surface area (TPSA) is 60.7 Å². The zero-order valence-electron chi connectivity index (χ0n) is 8.59. The molecule has 0 spiro atoms. The number of aromatic nitrogens is 4. The smallest absolute Gasteiger partial charge is 0.182 e. The van der Waals surface area contributed by atoms with Gasteiger partial charge >= 0.3 is 0 Å². The molecule has 0 amide bonds.